The molecule has 0 unspecified atom stereocenters. The molecule has 0 aliphatic carbocycles. The molecule has 4 heterocycles. The Bertz CT molecular complexity index is 1400. The number of piperazine rings is 1. The minimum absolute atomic E-state index is 0.152. The van der Waals surface area contributed by atoms with Gasteiger partial charge in [0.2, 0.25) is 0 Å². The molecule has 0 radical (unpaired) electrons. The van der Waals surface area contributed by atoms with Gasteiger partial charge in [0.25, 0.3) is 0 Å². The van der Waals surface area contributed by atoms with Gasteiger partial charge in [0.05, 0.1) is 36.0 Å². The van der Waals surface area contributed by atoms with Crippen LogP contribution in [0, 0.1) is 5.41 Å². The topological polar surface area (TPSA) is 59.8 Å². The number of pyridine rings is 1. The Hall–Kier alpha value is -2.84. The smallest absolute Gasteiger partial charge is 0.302 e. The van der Waals surface area contributed by atoms with Crippen molar-refractivity contribution in [3.63, 3.8) is 0 Å². The maximum Gasteiger partial charge on any atom is 0.302 e. The highest BCUT2D eigenvalue weighted by atomic mass is 16.5. The predicted molar refractivity (Wildman–Crippen MR) is 170 cm³/mol. The summed E-state index contributed by atoms with van der Waals surface area (Å²) < 4.78 is 13.8. The molecule has 0 spiro atoms. The van der Waals surface area contributed by atoms with Crippen molar-refractivity contribution >= 4 is 35.9 Å². The second-order valence-corrected chi connectivity index (χ2v) is 12.8. The number of esters is 1. The summed E-state index contributed by atoms with van der Waals surface area (Å²) >= 11 is 0. The quantitative estimate of drug-likeness (QED) is 0.285. The fourth-order valence-corrected chi connectivity index (χ4v) is 6.83. The summed E-state index contributed by atoms with van der Waals surface area (Å²) in [6, 6.07) is 9.75. The van der Waals surface area contributed by atoms with E-state index in [1.54, 1.807) is 7.11 Å². The molecule has 0 amide bonds. The minimum atomic E-state index is -0.244. The van der Waals surface area contributed by atoms with E-state index in [0.29, 0.717) is 12.6 Å². The SMILES string of the molecule is Bc1ccc2c(c1)c(CC(C)(C)COC(C)=O)c(-c1cc(N3CCN4CCCC[C@@H]4C3)cnc1[C@H](C)OC)n2CC. The lowest BCUT2D eigenvalue weighted by Gasteiger charge is -2.45. The van der Waals surface area contributed by atoms with E-state index in [2.05, 4.69) is 80.4 Å². The van der Waals surface area contributed by atoms with E-state index in [1.165, 1.54) is 66.0 Å². The number of aryl methyl sites for hydroxylation is 1. The number of hydrogen-bond donors (Lipinski definition) is 0. The molecule has 2 aliphatic rings. The van der Waals surface area contributed by atoms with Gasteiger partial charge in [-0.25, -0.2) is 0 Å². The van der Waals surface area contributed by atoms with Gasteiger partial charge >= 0.3 is 5.97 Å². The number of aromatic nitrogens is 2. The number of anilines is 1. The zero-order valence-corrected chi connectivity index (χ0v) is 26.1. The highest BCUT2D eigenvalue weighted by Crippen LogP contribution is 2.41. The molecule has 7 nitrogen and oxygen atoms in total. The Morgan fingerprint density at radius 1 is 1.20 bits per heavy atom. The Morgan fingerprint density at radius 3 is 2.73 bits per heavy atom. The van der Waals surface area contributed by atoms with Crippen LogP contribution in [0.5, 0.6) is 0 Å². The molecule has 8 heteroatoms. The third-order valence-electron chi connectivity index (χ3n) is 9.06. The lowest BCUT2D eigenvalue weighted by atomic mass is 9.83. The summed E-state index contributed by atoms with van der Waals surface area (Å²) in [7, 11) is 3.91. The molecular weight excluding hydrogens is 511 g/mol. The van der Waals surface area contributed by atoms with Crippen molar-refractivity contribution in [2.45, 2.75) is 79.0 Å². The number of nitrogens with zero attached hydrogens (tertiary/aromatic N) is 4. The van der Waals surface area contributed by atoms with Gasteiger partial charge in [-0.3, -0.25) is 14.7 Å². The van der Waals surface area contributed by atoms with Crippen LogP contribution in [0.1, 0.15) is 71.2 Å². The number of rotatable bonds is 9. The third kappa shape index (κ3) is 6.19. The summed E-state index contributed by atoms with van der Waals surface area (Å²) in [5.41, 5.74) is 7.98. The Morgan fingerprint density at radius 2 is 2.00 bits per heavy atom. The van der Waals surface area contributed by atoms with Gasteiger partial charge < -0.3 is 18.9 Å². The molecule has 41 heavy (non-hydrogen) atoms. The molecule has 2 saturated heterocycles. The van der Waals surface area contributed by atoms with Crippen molar-refractivity contribution in [3.8, 4) is 11.3 Å². The van der Waals surface area contributed by atoms with Gasteiger partial charge in [-0.2, -0.15) is 0 Å². The molecule has 1 aromatic carbocycles. The third-order valence-corrected chi connectivity index (χ3v) is 9.06. The maximum absolute atomic E-state index is 11.7. The summed E-state index contributed by atoms with van der Waals surface area (Å²) in [6.07, 6.45) is 6.60. The van der Waals surface area contributed by atoms with Crippen LogP contribution >= 0.6 is 0 Å². The minimum Gasteiger partial charge on any atom is -0.465 e. The molecule has 0 saturated carbocycles. The highest BCUT2D eigenvalue weighted by Gasteiger charge is 2.32. The van der Waals surface area contributed by atoms with E-state index in [-0.39, 0.29) is 17.5 Å². The van der Waals surface area contributed by atoms with Gasteiger partial charge in [0.1, 0.15) is 7.85 Å². The van der Waals surface area contributed by atoms with Gasteiger partial charge in [-0.05, 0) is 57.4 Å². The first-order valence-electron chi connectivity index (χ1n) is 15.4. The number of hydrogen-bond acceptors (Lipinski definition) is 6. The zero-order chi connectivity index (χ0) is 29.3. The van der Waals surface area contributed by atoms with Gasteiger partial charge in [0, 0.05) is 68.1 Å². The van der Waals surface area contributed by atoms with E-state index in [0.717, 1.165) is 43.9 Å². The monoisotopic (exact) mass is 558 g/mol. The van der Waals surface area contributed by atoms with Crippen LogP contribution < -0.4 is 10.4 Å². The lowest BCUT2D eigenvalue weighted by molar-refractivity contribution is -0.143. The van der Waals surface area contributed by atoms with Crippen molar-refractivity contribution in [2.24, 2.45) is 5.41 Å². The number of carbonyl (C=O) groups excluding carboxylic acids is 1. The van der Waals surface area contributed by atoms with Crippen LogP contribution in [0.3, 0.4) is 0 Å². The molecule has 220 valence electrons. The molecule has 3 aromatic rings. The number of piperidine rings is 1. The molecule has 0 bridgehead atoms. The second-order valence-electron chi connectivity index (χ2n) is 12.8. The largest absolute Gasteiger partial charge is 0.465 e. The van der Waals surface area contributed by atoms with Crippen molar-refractivity contribution in [3.05, 3.63) is 41.7 Å². The number of fused-ring (bicyclic) bond motifs is 2. The lowest BCUT2D eigenvalue weighted by Crippen LogP contribution is -2.54. The Labute approximate surface area is 246 Å². The first-order chi connectivity index (χ1) is 19.6. The van der Waals surface area contributed by atoms with E-state index in [1.807, 2.05) is 0 Å². The molecular formula is C33H47BN4O3. The average molecular weight is 559 g/mol. The predicted octanol–water partition coefficient (Wildman–Crippen LogP) is 4.50. The molecule has 2 fully saturated rings. The molecule has 2 atom stereocenters. The van der Waals surface area contributed by atoms with E-state index >= 15 is 0 Å². The van der Waals surface area contributed by atoms with Crippen LogP contribution in [0.25, 0.3) is 22.2 Å². The van der Waals surface area contributed by atoms with Crippen LogP contribution in [-0.4, -0.2) is 74.2 Å². The van der Waals surface area contributed by atoms with E-state index in [9.17, 15) is 4.79 Å². The first-order valence-corrected chi connectivity index (χ1v) is 15.4. The number of carbonyl (C=O) groups is 1. The van der Waals surface area contributed by atoms with Crippen LogP contribution in [-0.2, 0) is 27.2 Å². The molecule has 0 N–H and O–H groups in total. The molecule has 2 aliphatic heterocycles. The average Bonchev–Trinajstić information content (AvgIpc) is 3.26. The van der Waals surface area contributed by atoms with Crippen LogP contribution in [0.2, 0.25) is 0 Å². The Balaban J connectivity index is 1.67. The maximum atomic E-state index is 11.7. The van der Waals surface area contributed by atoms with Crippen LogP contribution in [0.15, 0.2) is 30.5 Å². The molecule has 5 rings (SSSR count). The van der Waals surface area contributed by atoms with Crippen molar-refractivity contribution in [1.29, 1.82) is 0 Å². The van der Waals surface area contributed by atoms with Gasteiger partial charge in [-0.15, -0.1) is 0 Å². The highest BCUT2D eigenvalue weighted by molar-refractivity contribution is 6.33. The zero-order valence-electron chi connectivity index (χ0n) is 26.1. The Kier molecular flexibility index (Phi) is 8.81. The van der Waals surface area contributed by atoms with Gasteiger partial charge in [0.15, 0.2) is 0 Å². The standard InChI is InChI=1S/C33H47BN4O3/c1-7-38-30-12-11-24(34)16-27(30)29(18-33(4,5)21-41-23(3)39)32(38)28-17-26(19-35-31(28)22(2)40-6)37-15-14-36-13-9-8-10-25(36)20-37/h11-12,16-17,19,22,25H,7-10,13-15,18,20-21,34H2,1-6H3/t22-,25+/m0/s1. The first kappa shape index (κ1) is 29.7. The van der Waals surface area contributed by atoms with Crippen molar-refractivity contribution in [2.75, 3.05) is 44.8 Å². The van der Waals surface area contributed by atoms with Gasteiger partial charge in [-0.1, -0.05) is 37.9 Å². The second kappa shape index (κ2) is 12.2. The summed E-state index contributed by atoms with van der Waals surface area (Å²) in [4.78, 5) is 22.0. The van der Waals surface area contributed by atoms with Crippen molar-refractivity contribution < 1.29 is 14.3 Å². The normalized spacial score (nSPS) is 18.9. The fraction of sp³-hybridized carbons (Fsp3) is 0.576. The summed E-state index contributed by atoms with van der Waals surface area (Å²) in [6.45, 7) is 15.8. The number of benzene rings is 1. The summed E-state index contributed by atoms with van der Waals surface area (Å²) in [5, 5.41) is 1.26. The summed E-state index contributed by atoms with van der Waals surface area (Å²) in [5.74, 6) is -0.240. The van der Waals surface area contributed by atoms with E-state index < -0.39 is 0 Å². The molecule has 2 aromatic heterocycles. The van der Waals surface area contributed by atoms with E-state index in [4.69, 9.17) is 14.5 Å². The van der Waals surface area contributed by atoms with Crippen molar-refractivity contribution in [1.82, 2.24) is 14.5 Å². The number of ether oxygens (including phenoxy) is 2. The van der Waals surface area contributed by atoms with Crippen LogP contribution in [0.4, 0.5) is 5.69 Å². The fourth-order valence-electron chi connectivity index (χ4n) is 6.83. The number of methoxy groups -OCH3 is 1.